The summed E-state index contributed by atoms with van der Waals surface area (Å²) in [5, 5.41) is 2.77. The lowest BCUT2D eigenvalue weighted by molar-refractivity contribution is -0.124. The first-order valence-electron chi connectivity index (χ1n) is 6.38. The van der Waals surface area contributed by atoms with Crippen LogP contribution in [0.5, 0.6) is 11.5 Å². The van der Waals surface area contributed by atoms with Crippen molar-refractivity contribution in [2.24, 2.45) is 5.73 Å². The summed E-state index contributed by atoms with van der Waals surface area (Å²) in [4.78, 5) is 11.7. The quantitative estimate of drug-likeness (QED) is 0.733. The van der Waals surface area contributed by atoms with Crippen LogP contribution < -0.4 is 20.5 Å². The molecule has 112 valence electrons. The Hall–Kier alpha value is -1.79. The number of benzene rings is 1. The van der Waals surface area contributed by atoms with E-state index in [1.165, 1.54) is 0 Å². The van der Waals surface area contributed by atoms with E-state index in [0.29, 0.717) is 24.7 Å². The molecular formula is C14H22N2O4. The lowest BCUT2D eigenvalue weighted by Gasteiger charge is -2.14. The highest BCUT2D eigenvalue weighted by atomic mass is 16.5. The molecule has 0 bridgehead atoms. The second kappa shape index (κ2) is 8.39. The predicted molar refractivity (Wildman–Crippen MR) is 75.9 cm³/mol. The number of hydrogen-bond donors (Lipinski definition) is 2. The molecule has 1 unspecified atom stereocenters. The molecule has 0 aliphatic carbocycles. The molecule has 0 saturated carbocycles. The van der Waals surface area contributed by atoms with Gasteiger partial charge in [-0.05, 0) is 25.1 Å². The van der Waals surface area contributed by atoms with E-state index in [1.54, 1.807) is 32.4 Å². The Morgan fingerprint density at radius 2 is 2.15 bits per heavy atom. The van der Waals surface area contributed by atoms with Crippen molar-refractivity contribution in [2.75, 3.05) is 27.4 Å². The van der Waals surface area contributed by atoms with Crippen molar-refractivity contribution in [3.8, 4) is 11.5 Å². The van der Waals surface area contributed by atoms with Gasteiger partial charge in [-0.3, -0.25) is 4.79 Å². The Morgan fingerprint density at radius 3 is 2.75 bits per heavy atom. The van der Waals surface area contributed by atoms with Gasteiger partial charge in [0, 0.05) is 25.3 Å². The molecule has 20 heavy (non-hydrogen) atoms. The average molecular weight is 282 g/mol. The third-order valence-corrected chi connectivity index (χ3v) is 2.67. The van der Waals surface area contributed by atoms with Crippen LogP contribution in [0.25, 0.3) is 0 Å². The van der Waals surface area contributed by atoms with Gasteiger partial charge in [0.15, 0.2) is 6.61 Å². The smallest absolute Gasteiger partial charge is 0.258 e. The van der Waals surface area contributed by atoms with Gasteiger partial charge in [-0.1, -0.05) is 0 Å². The fourth-order valence-electron chi connectivity index (χ4n) is 1.73. The van der Waals surface area contributed by atoms with Gasteiger partial charge >= 0.3 is 0 Å². The molecule has 0 radical (unpaired) electrons. The summed E-state index contributed by atoms with van der Waals surface area (Å²) in [6.07, 6.45) is 0. The molecule has 0 aliphatic heterocycles. The normalized spacial score (nSPS) is 11.8. The van der Waals surface area contributed by atoms with E-state index in [9.17, 15) is 4.79 Å². The molecule has 0 spiro atoms. The minimum Gasteiger partial charge on any atom is -0.497 e. The molecule has 6 heteroatoms. The number of methoxy groups -OCH3 is 2. The summed E-state index contributed by atoms with van der Waals surface area (Å²) < 4.78 is 15.5. The van der Waals surface area contributed by atoms with E-state index in [-0.39, 0.29) is 18.6 Å². The zero-order valence-electron chi connectivity index (χ0n) is 12.1. The fraction of sp³-hybridized carbons (Fsp3) is 0.500. The Bertz CT molecular complexity index is 437. The van der Waals surface area contributed by atoms with Crippen molar-refractivity contribution in [1.29, 1.82) is 0 Å². The van der Waals surface area contributed by atoms with Crippen molar-refractivity contribution in [2.45, 2.75) is 19.5 Å². The van der Waals surface area contributed by atoms with Gasteiger partial charge in [-0.15, -0.1) is 0 Å². The van der Waals surface area contributed by atoms with Crippen LogP contribution in [0.1, 0.15) is 12.5 Å². The van der Waals surface area contributed by atoms with Gasteiger partial charge in [0.25, 0.3) is 5.91 Å². The molecule has 0 saturated heterocycles. The summed E-state index contributed by atoms with van der Waals surface area (Å²) in [5.74, 6) is 1.09. The second-order valence-electron chi connectivity index (χ2n) is 4.39. The number of amides is 1. The zero-order valence-corrected chi connectivity index (χ0v) is 12.1. The van der Waals surface area contributed by atoms with Gasteiger partial charge in [-0.25, -0.2) is 0 Å². The third kappa shape index (κ3) is 5.07. The largest absolute Gasteiger partial charge is 0.497 e. The standard InChI is InChI=1S/C14H22N2O4/c1-10(8-18-2)16-14(17)9-20-13-5-4-12(19-3)6-11(13)7-15/h4-6,10H,7-9,15H2,1-3H3,(H,16,17). The van der Waals surface area contributed by atoms with Crippen LogP contribution in [0.2, 0.25) is 0 Å². The molecule has 1 amide bonds. The van der Waals surface area contributed by atoms with Crippen LogP contribution >= 0.6 is 0 Å². The topological polar surface area (TPSA) is 82.8 Å². The van der Waals surface area contributed by atoms with E-state index in [1.807, 2.05) is 6.92 Å². The van der Waals surface area contributed by atoms with E-state index < -0.39 is 0 Å². The molecule has 1 aromatic carbocycles. The highest BCUT2D eigenvalue weighted by Gasteiger charge is 2.10. The fourth-order valence-corrected chi connectivity index (χ4v) is 1.73. The van der Waals surface area contributed by atoms with E-state index in [0.717, 1.165) is 5.56 Å². The summed E-state index contributed by atoms with van der Waals surface area (Å²) in [7, 11) is 3.17. The first-order chi connectivity index (χ1) is 9.60. The zero-order chi connectivity index (χ0) is 15.0. The van der Waals surface area contributed by atoms with Gasteiger partial charge in [0.05, 0.1) is 13.7 Å². The minimum absolute atomic E-state index is 0.0547. The SMILES string of the molecule is COCC(C)NC(=O)COc1ccc(OC)cc1CN. The molecule has 0 heterocycles. The summed E-state index contributed by atoms with van der Waals surface area (Å²) in [6.45, 7) is 2.57. The molecule has 0 aliphatic rings. The molecular weight excluding hydrogens is 260 g/mol. The summed E-state index contributed by atoms with van der Waals surface area (Å²) in [6, 6.07) is 5.24. The van der Waals surface area contributed by atoms with Crippen LogP contribution in [-0.2, 0) is 16.1 Å². The summed E-state index contributed by atoms with van der Waals surface area (Å²) in [5.41, 5.74) is 6.44. The number of rotatable bonds is 8. The number of ether oxygens (including phenoxy) is 3. The maximum atomic E-state index is 11.7. The number of carbonyl (C=O) groups is 1. The lowest BCUT2D eigenvalue weighted by atomic mass is 10.2. The van der Waals surface area contributed by atoms with Gasteiger partial charge in [0.2, 0.25) is 0 Å². The van der Waals surface area contributed by atoms with Gasteiger partial charge < -0.3 is 25.3 Å². The minimum atomic E-state index is -0.201. The van der Waals surface area contributed by atoms with E-state index in [4.69, 9.17) is 19.9 Å². The van der Waals surface area contributed by atoms with Gasteiger partial charge in [0.1, 0.15) is 11.5 Å². The molecule has 1 atom stereocenters. The predicted octanol–water partition coefficient (Wildman–Crippen LogP) is 0.684. The van der Waals surface area contributed by atoms with Crippen molar-refractivity contribution in [3.05, 3.63) is 23.8 Å². The van der Waals surface area contributed by atoms with Crippen LogP contribution in [0.4, 0.5) is 0 Å². The Morgan fingerprint density at radius 1 is 1.40 bits per heavy atom. The molecule has 0 aromatic heterocycles. The van der Waals surface area contributed by atoms with E-state index >= 15 is 0 Å². The molecule has 0 fully saturated rings. The van der Waals surface area contributed by atoms with Gasteiger partial charge in [-0.2, -0.15) is 0 Å². The Balaban J connectivity index is 2.54. The number of nitrogens with one attached hydrogen (secondary N) is 1. The van der Waals surface area contributed by atoms with Crippen molar-refractivity contribution < 1.29 is 19.0 Å². The van der Waals surface area contributed by atoms with Crippen LogP contribution in [0.15, 0.2) is 18.2 Å². The molecule has 6 nitrogen and oxygen atoms in total. The Labute approximate surface area is 119 Å². The first kappa shape index (κ1) is 16.3. The number of carbonyl (C=O) groups excluding carboxylic acids is 1. The highest BCUT2D eigenvalue weighted by molar-refractivity contribution is 5.77. The Kier molecular flexibility index (Phi) is 6.83. The molecule has 1 rings (SSSR count). The molecule has 1 aromatic rings. The van der Waals surface area contributed by atoms with Crippen LogP contribution in [0.3, 0.4) is 0 Å². The van der Waals surface area contributed by atoms with Crippen LogP contribution in [-0.4, -0.2) is 39.4 Å². The van der Waals surface area contributed by atoms with Crippen molar-refractivity contribution in [3.63, 3.8) is 0 Å². The highest BCUT2D eigenvalue weighted by Crippen LogP contribution is 2.23. The maximum Gasteiger partial charge on any atom is 0.258 e. The van der Waals surface area contributed by atoms with Crippen molar-refractivity contribution in [1.82, 2.24) is 5.32 Å². The first-order valence-corrected chi connectivity index (χ1v) is 6.38. The molecule has 3 N–H and O–H groups in total. The average Bonchev–Trinajstić information content (AvgIpc) is 2.45. The lowest BCUT2D eigenvalue weighted by Crippen LogP contribution is -2.38. The second-order valence-corrected chi connectivity index (χ2v) is 4.39. The maximum absolute atomic E-state index is 11.7. The van der Waals surface area contributed by atoms with Crippen molar-refractivity contribution >= 4 is 5.91 Å². The number of hydrogen-bond acceptors (Lipinski definition) is 5. The van der Waals surface area contributed by atoms with Crippen LogP contribution in [0, 0.1) is 0 Å². The van der Waals surface area contributed by atoms with E-state index in [2.05, 4.69) is 5.32 Å². The monoisotopic (exact) mass is 282 g/mol. The summed E-state index contributed by atoms with van der Waals surface area (Å²) >= 11 is 0. The third-order valence-electron chi connectivity index (χ3n) is 2.67. The number of nitrogens with two attached hydrogens (primary N) is 1.